The van der Waals surface area contributed by atoms with Crippen LogP contribution in [0.5, 0.6) is 0 Å². The van der Waals surface area contributed by atoms with Crippen molar-refractivity contribution in [3.63, 3.8) is 0 Å². The Morgan fingerprint density at radius 1 is 0.304 bits per heavy atom. The third kappa shape index (κ3) is 65.4. The van der Waals surface area contributed by atoms with E-state index >= 15 is 0 Å². The van der Waals surface area contributed by atoms with Crippen molar-refractivity contribution < 1.29 is 80.2 Å². The van der Waals surface area contributed by atoms with Crippen molar-refractivity contribution in [2.75, 3.05) is 39.6 Å². The molecule has 92 heavy (non-hydrogen) atoms. The zero-order valence-electron chi connectivity index (χ0n) is 59.7. The summed E-state index contributed by atoms with van der Waals surface area (Å²) in [5, 5.41) is 10.6. The van der Waals surface area contributed by atoms with Crippen molar-refractivity contribution >= 4 is 39.5 Å². The number of carbonyl (C=O) groups excluding carboxylic acids is 4. The summed E-state index contributed by atoms with van der Waals surface area (Å²) < 4.78 is 68.2. The molecule has 0 bridgehead atoms. The fraction of sp³-hybridized carbons (Fsp3) is 0.945. The summed E-state index contributed by atoms with van der Waals surface area (Å²) in [4.78, 5) is 72.4. The van der Waals surface area contributed by atoms with Gasteiger partial charge in [0.2, 0.25) is 0 Å². The summed E-state index contributed by atoms with van der Waals surface area (Å²) in [7, 11) is -9.89. The van der Waals surface area contributed by atoms with Crippen LogP contribution in [-0.2, 0) is 65.4 Å². The van der Waals surface area contributed by atoms with E-state index in [0.717, 1.165) is 102 Å². The Kier molecular flexibility index (Phi) is 64.9. The van der Waals surface area contributed by atoms with Gasteiger partial charge in [-0.15, -0.1) is 0 Å². The second kappa shape index (κ2) is 66.3. The molecule has 0 heterocycles. The Morgan fingerprint density at radius 2 is 0.522 bits per heavy atom. The van der Waals surface area contributed by atoms with Crippen LogP contribution in [0.4, 0.5) is 0 Å². The molecule has 17 nitrogen and oxygen atoms in total. The van der Waals surface area contributed by atoms with Gasteiger partial charge in [0.15, 0.2) is 12.2 Å². The van der Waals surface area contributed by atoms with Gasteiger partial charge in [0.05, 0.1) is 26.4 Å². The molecule has 0 saturated carbocycles. The lowest BCUT2D eigenvalue weighted by Crippen LogP contribution is -2.30. The number of rotatable bonds is 73. The maximum Gasteiger partial charge on any atom is 0.472 e. The van der Waals surface area contributed by atoms with E-state index in [1.54, 1.807) is 0 Å². The van der Waals surface area contributed by atoms with Gasteiger partial charge < -0.3 is 33.8 Å². The largest absolute Gasteiger partial charge is 0.472 e. The predicted molar refractivity (Wildman–Crippen MR) is 372 cm³/mol. The molecule has 546 valence electrons. The third-order valence-electron chi connectivity index (χ3n) is 17.4. The highest BCUT2D eigenvalue weighted by molar-refractivity contribution is 7.47. The molecule has 19 heteroatoms. The molecule has 0 aliphatic rings. The maximum absolute atomic E-state index is 13.1. The van der Waals surface area contributed by atoms with Crippen LogP contribution in [0.3, 0.4) is 0 Å². The van der Waals surface area contributed by atoms with Crippen LogP contribution in [-0.4, -0.2) is 96.7 Å². The molecule has 0 fully saturated rings. The van der Waals surface area contributed by atoms with E-state index < -0.39 is 97.5 Å². The maximum atomic E-state index is 13.1. The lowest BCUT2D eigenvalue weighted by molar-refractivity contribution is -0.161. The molecule has 0 aromatic carbocycles. The lowest BCUT2D eigenvalue weighted by atomic mass is 9.99. The number of hydrogen-bond acceptors (Lipinski definition) is 15. The predicted octanol–water partition coefficient (Wildman–Crippen LogP) is 21.3. The van der Waals surface area contributed by atoms with Crippen LogP contribution in [0.2, 0.25) is 0 Å². The average Bonchev–Trinajstić information content (AvgIpc) is 3.49. The zero-order valence-corrected chi connectivity index (χ0v) is 61.5. The average molecular weight is 1350 g/mol. The van der Waals surface area contributed by atoms with Crippen molar-refractivity contribution in [3.05, 3.63) is 0 Å². The Labute approximate surface area is 562 Å². The van der Waals surface area contributed by atoms with Gasteiger partial charge in [-0.2, -0.15) is 0 Å². The minimum Gasteiger partial charge on any atom is -0.462 e. The van der Waals surface area contributed by atoms with Gasteiger partial charge in [-0.3, -0.25) is 37.3 Å². The summed E-state index contributed by atoms with van der Waals surface area (Å²) in [5.41, 5.74) is 0. The molecule has 3 unspecified atom stereocenters. The fourth-order valence-corrected chi connectivity index (χ4v) is 12.7. The van der Waals surface area contributed by atoms with Crippen LogP contribution in [0.15, 0.2) is 0 Å². The first kappa shape index (κ1) is 90.1. The van der Waals surface area contributed by atoms with Gasteiger partial charge in [-0.25, -0.2) is 9.13 Å². The Hall–Kier alpha value is -1.94. The van der Waals surface area contributed by atoms with Crippen LogP contribution in [0, 0.1) is 5.92 Å². The standard InChI is InChI=1S/C73H142O17P2/c1-6-10-13-16-18-20-22-23-24-25-26-27-31-35-38-42-47-52-57-71(76)84-63-69(90-73(78)59-54-49-44-40-36-32-29-28-30-34-37-41-46-50-55-66(5)9-4)65-88-92(81,82)86-61-67(74)60-85-91(79,80)87-64-68(62-83-70(75)56-51-45-15-12-8-3)89-72(77)58-53-48-43-39-33-21-19-17-14-11-7-2/h66-69,74H,6-65H2,1-5H3,(H,79,80)(H,81,82)/t66?,67-,68+,69+/m0/s1. The minimum atomic E-state index is -4.95. The fourth-order valence-electron chi connectivity index (χ4n) is 11.1. The van der Waals surface area contributed by atoms with Crippen molar-refractivity contribution in [3.8, 4) is 0 Å². The number of aliphatic hydroxyl groups is 1. The summed E-state index contributed by atoms with van der Waals surface area (Å²) in [6.45, 7) is 7.23. The molecule has 0 spiro atoms. The SMILES string of the molecule is CCCCCCCCCCCCCCCCCCCCC(=O)OC[C@H](COP(=O)(O)OC[C@@H](O)COP(=O)(O)OC[C@@H](COC(=O)CCCCCCC)OC(=O)CCCCCCCCCCCCC)OC(=O)CCCCCCCCCCCCCCCCC(C)CC. The summed E-state index contributed by atoms with van der Waals surface area (Å²) in [5.74, 6) is -1.28. The number of carbonyl (C=O) groups is 4. The van der Waals surface area contributed by atoms with Crippen LogP contribution >= 0.6 is 15.6 Å². The second-order valence-electron chi connectivity index (χ2n) is 26.6. The number of esters is 4. The van der Waals surface area contributed by atoms with Crippen molar-refractivity contribution in [1.82, 2.24) is 0 Å². The highest BCUT2D eigenvalue weighted by Crippen LogP contribution is 2.45. The van der Waals surface area contributed by atoms with E-state index in [-0.39, 0.29) is 25.7 Å². The molecular weight excluding hydrogens is 1210 g/mol. The van der Waals surface area contributed by atoms with E-state index in [1.165, 1.54) is 199 Å². The van der Waals surface area contributed by atoms with Gasteiger partial charge in [0.1, 0.15) is 19.3 Å². The molecule has 0 rings (SSSR count). The molecule has 0 aliphatic carbocycles. The van der Waals surface area contributed by atoms with Gasteiger partial charge >= 0.3 is 39.5 Å². The van der Waals surface area contributed by atoms with E-state index in [4.69, 9.17) is 37.0 Å². The van der Waals surface area contributed by atoms with Crippen molar-refractivity contribution in [2.24, 2.45) is 5.92 Å². The molecule has 0 aliphatic heterocycles. The third-order valence-corrected chi connectivity index (χ3v) is 19.3. The monoisotopic (exact) mass is 1350 g/mol. The molecule has 0 amide bonds. The van der Waals surface area contributed by atoms with Gasteiger partial charge in [0, 0.05) is 25.7 Å². The molecule has 3 N–H and O–H groups in total. The number of unbranched alkanes of at least 4 members (excludes halogenated alkanes) is 44. The molecule has 0 saturated heterocycles. The summed E-state index contributed by atoms with van der Waals surface area (Å²) in [6, 6.07) is 0. The normalized spacial score (nSPS) is 14.3. The van der Waals surface area contributed by atoms with Gasteiger partial charge in [0.25, 0.3) is 0 Å². The van der Waals surface area contributed by atoms with E-state index in [1.807, 2.05) is 0 Å². The number of phosphoric ester groups is 2. The highest BCUT2D eigenvalue weighted by Gasteiger charge is 2.30. The van der Waals surface area contributed by atoms with E-state index in [2.05, 4.69) is 34.6 Å². The minimum absolute atomic E-state index is 0.106. The molecule has 0 aromatic heterocycles. The number of phosphoric acid groups is 2. The number of ether oxygens (including phenoxy) is 4. The summed E-state index contributed by atoms with van der Waals surface area (Å²) in [6.07, 6.45) is 54.4. The molecule has 0 aromatic rings. The molecule has 6 atom stereocenters. The lowest BCUT2D eigenvalue weighted by Gasteiger charge is -2.21. The van der Waals surface area contributed by atoms with Gasteiger partial charge in [-0.1, -0.05) is 330 Å². The summed E-state index contributed by atoms with van der Waals surface area (Å²) >= 11 is 0. The number of hydrogen-bond donors (Lipinski definition) is 3. The Bertz CT molecular complexity index is 1770. The van der Waals surface area contributed by atoms with Crippen LogP contribution in [0.25, 0.3) is 0 Å². The van der Waals surface area contributed by atoms with Crippen LogP contribution in [0.1, 0.15) is 381 Å². The van der Waals surface area contributed by atoms with Crippen molar-refractivity contribution in [1.29, 1.82) is 0 Å². The second-order valence-corrected chi connectivity index (χ2v) is 29.5. The molecular formula is C73H142O17P2. The zero-order chi connectivity index (χ0) is 67.7. The highest BCUT2D eigenvalue weighted by atomic mass is 31.2. The quantitative estimate of drug-likeness (QED) is 0.0222. The number of aliphatic hydroxyl groups excluding tert-OH is 1. The molecule has 0 radical (unpaired) electrons. The van der Waals surface area contributed by atoms with Crippen molar-refractivity contribution in [2.45, 2.75) is 400 Å². The van der Waals surface area contributed by atoms with Gasteiger partial charge in [-0.05, 0) is 31.6 Å². The van der Waals surface area contributed by atoms with E-state index in [9.17, 15) is 43.2 Å². The Balaban J connectivity index is 5.14. The Morgan fingerprint density at radius 3 is 0.772 bits per heavy atom. The first-order valence-electron chi connectivity index (χ1n) is 38.2. The first-order valence-corrected chi connectivity index (χ1v) is 41.2. The smallest absolute Gasteiger partial charge is 0.462 e. The first-order chi connectivity index (χ1) is 44.6. The van der Waals surface area contributed by atoms with E-state index in [0.29, 0.717) is 25.7 Å². The topological polar surface area (TPSA) is 237 Å². The van der Waals surface area contributed by atoms with Crippen LogP contribution < -0.4 is 0 Å².